The van der Waals surface area contributed by atoms with Crippen molar-refractivity contribution < 1.29 is 4.74 Å². The second kappa shape index (κ2) is 5.38. The Kier molecular flexibility index (Phi) is 3.74. The van der Waals surface area contributed by atoms with Crippen LogP contribution >= 0.6 is 11.6 Å². The third kappa shape index (κ3) is 2.57. The monoisotopic (exact) mass is 292 g/mol. The zero-order chi connectivity index (χ0) is 14.2. The van der Waals surface area contributed by atoms with Gasteiger partial charge in [0.05, 0.1) is 16.9 Å². The highest BCUT2D eigenvalue weighted by atomic mass is 35.5. The zero-order valence-corrected chi connectivity index (χ0v) is 12.9. The van der Waals surface area contributed by atoms with E-state index < -0.39 is 0 Å². The first-order valence-electron chi connectivity index (χ1n) is 7.21. The summed E-state index contributed by atoms with van der Waals surface area (Å²) < 4.78 is 7.79. The van der Waals surface area contributed by atoms with Gasteiger partial charge in [-0.2, -0.15) is 0 Å². The van der Waals surface area contributed by atoms with Gasteiger partial charge in [-0.3, -0.25) is 0 Å². The van der Waals surface area contributed by atoms with Gasteiger partial charge >= 0.3 is 0 Å². The van der Waals surface area contributed by atoms with Crippen molar-refractivity contribution in [2.75, 3.05) is 13.2 Å². The van der Waals surface area contributed by atoms with Crippen LogP contribution in [-0.2, 0) is 17.2 Å². The van der Waals surface area contributed by atoms with E-state index in [2.05, 4.69) is 41.6 Å². The van der Waals surface area contributed by atoms with Gasteiger partial charge in [0.1, 0.15) is 5.82 Å². The highest BCUT2D eigenvalue weighted by Crippen LogP contribution is 2.33. The van der Waals surface area contributed by atoms with Crippen LogP contribution in [0.1, 0.15) is 31.2 Å². The lowest BCUT2D eigenvalue weighted by molar-refractivity contribution is 0.0157. The van der Waals surface area contributed by atoms with E-state index in [0.717, 1.165) is 43.9 Å². The molecule has 1 fully saturated rings. The Morgan fingerprint density at radius 1 is 1.35 bits per heavy atom. The van der Waals surface area contributed by atoms with Crippen LogP contribution in [0.15, 0.2) is 18.2 Å². The van der Waals surface area contributed by atoms with Crippen LogP contribution in [0.4, 0.5) is 0 Å². The predicted molar refractivity (Wildman–Crippen MR) is 82.2 cm³/mol. The molecule has 0 unspecified atom stereocenters. The van der Waals surface area contributed by atoms with E-state index in [1.807, 2.05) is 0 Å². The molecule has 3 nitrogen and oxygen atoms in total. The molecule has 2 aromatic rings. The Morgan fingerprint density at radius 3 is 2.80 bits per heavy atom. The zero-order valence-electron chi connectivity index (χ0n) is 12.2. The lowest BCUT2D eigenvalue weighted by Gasteiger charge is -2.34. The number of hydrogen-bond acceptors (Lipinski definition) is 2. The van der Waals surface area contributed by atoms with Crippen LogP contribution in [0.5, 0.6) is 0 Å². The van der Waals surface area contributed by atoms with Crippen molar-refractivity contribution in [1.82, 2.24) is 9.55 Å². The maximum atomic E-state index is 6.10. The van der Waals surface area contributed by atoms with Gasteiger partial charge in [0.25, 0.3) is 0 Å². The van der Waals surface area contributed by atoms with E-state index in [4.69, 9.17) is 16.3 Å². The average Bonchev–Trinajstić information content (AvgIpc) is 2.76. The number of rotatable bonds is 3. The van der Waals surface area contributed by atoms with Gasteiger partial charge in [0.2, 0.25) is 0 Å². The second-order valence-corrected chi connectivity index (χ2v) is 6.43. The molecule has 0 aliphatic carbocycles. The minimum atomic E-state index is 0.275. The van der Waals surface area contributed by atoms with Crippen LogP contribution in [0.2, 0.25) is 0 Å². The maximum absolute atomic E-state index is 6.10. The molecular formula is C16H21ClN2O. The molecule has 1 saturated heterocycles. The number of imidazole rings is 1. The third-order valence-electron chi connectivity index (χ3n) is 4.34. The molecule has 1 aliphatic heterocycles. The summed E-state index contributed by atoms with van der Waals surface area (Å²) in [7, 11) is 0. The van der Waals surface area contributed by atoms with Crippen molar-refractivity contribution in [2.45, 2.75) is 39.1 Å². The molecule has 0 spiro atoms. The molecular weight excluding hydrogens is 272 g/mol. The molecule has 0 bridgehead atoms. The first-order chi connectivity index (χ1) is 9.61. The van der Waals surface area contributed by atoms with Gasteiger partial charge in [-0.15, -0.1) is 11.6 Å². The van der Waals surface area contributed by atoms with Crippen LogP contribution in [0.3, 0.4) is 0 Å². The SMILES string of the molecule is Cc1ccc2c(c1)nc(CCl)n2CC1(C)CCOCC1. The van der Waals surface area contributed by atoms with Crippen LogP contribution in [-0.4, -0.2) is 22.8 Å². The summed E-state index contributed by atoms with van der Waals surface area (Å²) in [4.78, 5) is 4.69. The molecule has 1 aromatic heterocycles. The van der Waals surface area contributed by atoms with Gasteiger partial charge in [-0.05, 0) is 42.9 Å². The van der Waals surface area contributed by atoms with E-state index in [1.165, 1.54) is 11.1 Å². The van der Waals surface area contributed by atoms with Gasteiger partial charge in [-0.1, -0.05) is 13.0 Å². The smallest absolute Gasteiger partial charge is 0.124 e. The standard InChI is InChI=1S/C16H21ClN2O/c1-12-3-4-14-13(9-12)18-15(10-17)19(14)11-16(2)5-7-20-8-6-16/h3-4,9H,5-8,10-11H2,1-2H3. The Hall–Kier alpha value is -1.06. The van der Waals surface area contributed by atoms with Gasteiger partial charge in [-0.25, -0.2) is 4.98 Å². The van der Waals surface area contributed by atoms with E-state index in [-0.39, 0.29) is 5.41 Å². The van der Waals surface area contributed by atoms with Crippen molar-refractivity contribution in [3.8, 4) is 0 Å². The molecule has 3 rings (SSSR count). The molecule has 0 saturated carbocycles. The quantitative estimate of drug-likeness (QED) is 0.802. The molecule has 1 aliphatic rings. The average molecular weight is 293 g/mol. The van der Waals surface area contributed by atoms with Crippen molar-refractivity contribution in [3.63, 3.8) is 0 Å². The van der Waals surface area contributed by atoms with Crippen molar-refractivity contribution in [2.24, 2.45) is 5.41 Å². The number of ether oxygens (including phenoxy) is 1. The molecule has 4 heteroatoms. The van der Waals surface area contributed by atoms with Gasteiger partial charge in [0, 0.05) is 19.8 Å². The largest absolute Gasteiger partial charge is 0.381 e. The lowest BCUT2D eigenvalue weighted by atomic mass is 9.82. The van der Waals surface area contributed by atoms with Gasteiger partial charge < -0.3 is 9.30 Å². The summed E-state index contributed by atoms with van der Waals surface area (Å²) in [6.07, 6.45) is 2.19. The summed E-state index contributed by atoms with van der Waals surface area (Å²) in [5.41, 5.74) is 3.76. The molecule has 0 N–H and O–H groups in total. The number of fused-ring (bicyclic) bond motifs is 1. The summed E-state index contributed by atoms with van der Waals surface area (Å²) >= 11 is 6.10. The Morgan fingerprint density at radius 2 is 2.10 bits per heavy atom. The van der Waals surface area contributed by atoms with Crippen molar-refractivity contribution in [1.29, 1.82) is 0 Å². The molecule has 108 valence electrons. The third-order valence-corrected chi connectivity index (χ3v) is 4.58. The lowest BCUT2D eigenvalue weighted by Crippen LogP contribution is -2.31. The number of aryl methyl sites for hydroxylation is 1. The first-order valence-corrected chi connectivity index (χ1v) is 7.74. The second-order valence-electron chi connectivity index (χ2n) is 6.16. The summed E-state index contributed by atoms with van der Waals surface area (Å²) in [5, 5.41) is 0. The fourth-order valence-electron chi connectivity index (χ4n) is 2.97. The van der Waals surface area contributed by atoms with E-state index in [9.17, 15) is 0 Å². The van der Waals surface area contributed by atoms with Crippen molar-refractivity contribution >= 4 is 22.6 Å². The minimum Gasteiger partial charge on any atom is -0.381 e. The van der Waals surface area contributed by atoms with Crippen LogP contribution < -0.4 is 0 Å². The highest BCUT2D eigenvalue weighted by Gasteiger charge is 2.29. The number of hydrogen-bond donors (Lipinski definition) is 0. The number of halogens is 1. The molecule has 0 amide bonds. The summed E-state index contributed by atoms with van der Waals surface area (Å²) in [6, 6.07) is 6.44. The van der Waals surface area contributed by atoms with Crippen LogP contribution in [0, 0.1) is 12.3 Å². The number of benzene rings is 1. The molecule has 20 heavy (non-hydrogen) atoms. The Labute approximate surface area is 124 Å². The Balaban J connectivity index is 2.01. The molecule has 0 radical (unpaired) electrons. The fraction of sp³-hybridized carbons (Fsp3) is 0.562. The van der Waals surface area contributed by atoms with E-state index in [0.29, 0.717) is 5.88 Å². The topological polar surface area (TPSA) is 27.1 Å². The van der Waals surface area contributed by atoms with Crippen molar-refractivity contribution in [3.05, 3.63) is 29.6 Å². The Bertz CT molecular complexity index is 614. The fourth-order valence-corrected chi connectivity index (χ4v) is 3.18. The van der Waals surface area contributed by atoms with E-state index in [1.54, 1.807) is 0 Å². The normalized spacial score (nSPS) is 18.6. The molecule has 1 aromatic carbocycles. The molecule has 2 heterocycles. The maximum Gasteiger partial charge on any atom is 0.124 e. The first kappa shape index (κ1) is 13.9. The highest BCUT2D eigenvalue weighted by molar-refractivity contribution is 6.16. The van der Waals surface area contributed by atoms with Crippen LogP contribution in [0.25, 0.3) is 11.0 Å². The number of aromatic nitrogens is 2. The summed E-state index contributed by atoms with van der Waals surface area (Å²) in [6.45, 7) is 7.13. The van der Waals surface area contributed by atoms with E-state index >= 15 is 0 Å². The minimum absolute atomic E-state index is 0.275. The molecule has 0 atom stereocenters. The van der Waals surface area contributed by atoms with Gasteiger partial charge in [0.15, 0.2) is 0 Å². The predicted octanol–water partition coefficient (Wildman–Crippen LogP) is 3.90. The summed E-state index contributed by atoms with van der Waals surface area (Å²) in [5.74, 6) is 1.43. The number of nitrogens with zero attached hydrogens (tertiary/aromatic N) is 2. The number of alkyl halides is 1.